The van der Waals surface area contributed by atoms with Gasteiger partial charge in [-0.1, -0.05) is 6.07 Å². The predicted molar refractivity (Wildman–Crippen MR) is 74.6 cm³/mol. The molecule has 2 nitrogen and oxygen atoms in total. The third kappa shape index (κ3) is 2.19. The Bertz CT molecular complexity index is 409. The van der Waals surface area contributed by atoms with Crippen molar-refractivity contribution in [2.75, 3.05) is 11.4 Å². The molecule has 2 heteroatoms. The van der Waals surface area contributed by atoms with Gasteiger partial charge in [-0.3, -0.25) is 0 Å². The SMILES string of the molecule is Cc1ccc(N2CCCC(N)C2(C)C)cc1C. The Kier molecular flexibility index (Phi) is 3.17. The van der Waals surface area contributed by atoms with Crippen LogP contribution in [0.5, 0.6) is 0 Å². The molecule has 1 aliphatic rings. The van der Waals surface area contributed by atoms with Gasteiger partial charge in [0.15, 0.2) is 0 Å². The standard InChI is InChI=1S/C15H24N2/c1-11-7-8-13(10-12(11)2)17-9-5-6-14(16)15(17,3)4/h7-8,10,14H,5-6,9,16H2,1-4H3. The highest BCUT2D eigenvalue weighted by atomic mass is 15.2. The molecule has 0 spiro atoms. The van der Waals surface area contributed by atoms with E-state index in [9.17, 15) is 0 Å². The number of nitrogens with two attached hydrogens (primary N) is 1. The van der Waals surface area contributed by atoms with Gasteiger partial charge in [0.1, 0.15) is 0 Å². The van der Waals surface area contributed by atoms with Crippen molar-refractivity contribution in [1.29, 1.82) is 0 Å². The zero-order valence-electron chi connectivity index (χ0n) is 11.5. The number of aryl methyl sites for hydroxylation is 2. The molecule has 1 aliphatic heterocycles. The van der Waals surface area contributed by atoms with Gasteiger partial charge in [0.05, 0.1) is 0 Å². The average molecular weight is 232 g/mol. The molecule has 1 aromatic carbocycles. The maximum Gasteiger partial charge on any atom is 0.0496 e. The van der Waals surface area contributed by atoms with Gasteiger partial charge in [-0.2, -0.15) is 0 Å². The molecule has 2 N–H and O–H groups in total. The van der Waals surface area contributed by atoms with Crippen molar-refractivity contribution in [3.05, 3.63) is 29.3 Å². The van der Waals surface area contributed by atoms with Crippen molar-refractivity contribution in [2.45, 2.75) is 52.1 Å². The Morgan fingerprint density at radius 3 is 2.59 bits per heavy atom. The first kappa shape index (κ1) is 12.4. The van der Waals surface area contributed by atoms with Crippen LogP contribution in [0.15, 0.2) is 18.2 Å². The zero-order chi connectivity index (χ0) is 12.6. The van der Waals surface area contributed by atoms with Gasteiger partial charge in [0, 0.05) is 23.8 Å². The average Bonchev–Trinajstić information content (AvgIpc) is 2.26. The maximum absolute atomic E-state index is 6.27. The summed E-state index contributed by atoms with van der Waals surface area (Å²) in [5, 5.41) is 0. The first-order valence-corrected chi connectivity index (χ1v) is 6.53. The van der Waals surface area contributed by atoms with E-state index in [4.69, 9.17) is 5.73 Å². The quantitative estimate of drug-likeness (QED) is 0.806. The number of benzene rings is 1. The lowest BCUT2D eigenvalue weighted by atomic mass is 9.85. The van der Waals surface area contributed by atoms with Crippen molar-refractivity contribution in [2.24, 2.45) is 5.73 Å². The van der Waals surface area contributed by atoms with Gasteiger partial charge in [-0.05, 0) is 63.8 Å². The van der Waals surface area contributed by atoms with Crippen molar-refractivity contribution in [3.8, 4) is 0 Å². The van der Waals surface area contributed by atoms with Crippen LogP contribution in [-0.4, -0.2) is 18.1 Å². The Hall–Kier alpha value is -1.02. The molecule has 0 bridgehead atoms. The molecular formula is C15H24N2. The summed E-state index contributed by atoms with van der Waals surface area (Å²) in [6, 6.07) is 6.98. The molecule has 0 aliphatic carbocycles. The van der Waals surface area contributed by atoms with E-state index >= 15 is 0 Å². The van der Waals surface area contributed by atoms with E-state index in [1.54, 1.807) is 0 Å². The Morgan fingerprint density at radius 1 is 1.24 bits per heavy atom. The molecule has 0 radical (unpaired) electrons. The summed E-state index contributed by atoms with van der Waals surface area (Å²) in [7, 11) is 0. The summed E-state index contributed by atoms with van der Waals surface area (Å²) in [5.74, 6) is 0. The maximum atomic E-state index is 6.27. The van der Waals surface area contributed by atoms with E-state index in [-0.39, 0.29) is 11.6 Å². The molecule has 17 heavy (non-hydrogen) atoms. The second kappa shape index (κ2) is 4.34. The Labute approximate surface area is 105 Å². The minimum absolute atomic E-state index is 0.0555. The van der Waals surface area contributed by atoms with Crippen LogP contribution in [0, 0.1) is 13.8 Å². The summed E-state index contributed by atoms with van der Waals surface area (Å²) < 4.78 is 0. The summed E-state index contributed by atoms with van der Waals surface area (Å²) >= 11 is 0. The van der Waals surface area contributed by atoms with Crippen LogP contribution in [0.25, 0.3) is 0 Å². The van der Waals surface area contributed by atoms with Gasteiger partial charge >= 0.3 is 0 Å². The first-order valence-electron chi connectivity index (χ1n) is 6.53. The van der Waals surface area contributed by atoms with Crippen LogP contribution in [0.4, 0.5) is 5.69 Å². The van der Waals surface area contributed by atoms with Crippen LogP contribution in [0.3, 0.4) is 0 Å². The number of piperidine rings is 1. The smallest absolute Gasteiger partial charge is 0.0496 e. The van der Waals surface area contributed by atoms with Gasteiger partial charge < -0.3 is 10.6 Å². The van der Waals surface area contributed by atoms with E-state index in [1.807, 2.05) is 0 Å². The molecule has 0 aromatic heterocycles. The minimum Gasteiger partial charge on any atom is -0.365 e. The Morgan fingerprint density at radius 2 is 1.94 bits per heavy atom. The molecule has 1 unspecified atom stereocenters. The van der Waals surface area contributed by atoms with Crippen LogP contribution in [0.2, 0.25) is 0 Å². The van der Waals surface area contributed by atoms with Crippen LogP contribution in [0.1, 0.15) is 37.8 Å². The summed E-state index contributed by atoms with van der Waals surface area (Å²) in [4.78, 5) is 2.47. The molecule has 2 rings (SSSR count). The fraction of sp³-hybridized carbons (Fsp3) is 0.600. The van der Waals surface area contributed by atoms with E-state index < -0.39 is 0 Å². The van der Waals surface area contributed by atoms with Gasteiger partial charge in [0.2, 0.25) is 0 Å². The lowest BCUT2D eigenvalue weighted by molar-refractivity contribution is 0.310. The number of anilines is 1. The highest BCUT2D eigenvalue weighted by Crippen LogP contribution is 2.32. The number of nitrogens with zero attached hydrogens (tertiary/aromatic N) is 1. The fourth-order valence-electron chi connectivity index (χ4n) is 2.67. The Balaban J connectivity index is 2.35. The van der Waals surface area contributed by atoms with Gasteiger partial charge in [-0.15, -0.1) is 0 Å². The molecule has 94 valence electrons. The predicted octanol–water partition coefficient (Wildman–Crippen LogP) is 3.01. The first-order chi connectivity index (χ1) is 7.93. The second-order valence-corrected chi connectivity index (χ2v) is 5.82. The number of rotatable bonds is 1. The minimum atomic E-state index is 0.0555. The molecule has 0 amide bonds. The number of hydrogen-bond donors (Lipinski definition) is 1. The molecule has 0 saturated carbocycles. The zero-order valence-corrected chi connectivity index (χ0v) is 11.5. The third-order valence-corrected chi connectivity index (χ3v) is 4.30. The largest absolute Gasteiger partial charge is 0.365 e. The van der Waals surface area contributed by atoms with Gasteiger partial charge in [0.25, 0.3) is 0 Å². The molecule has 1 atom stereocenters. The molecule has 1 saturated heterocycles. The van der Waals surface area contributed by atoms with E-state index in [2.05, 4.69) is 50.8 Å². The monoisotopic (exact) mass is 232 g/mol. The van der Waals surface area contributed by atoms with Crippen LogP contribution >= 0.6 is 0 Å². The van der Waals surface area contributed by atoms with Crippen molar-refractivity contribution in [1.82, 2.24) is 0 Å². The highest BCUT2D eigenvalue weighted by molar-refractivity contribution is 5.53. The van der Waals surface area contributed by atoms with Crippen molar-refractivity contribution >= 4 is 5.69 Å². The van der Waals surface area contributed by atoms with E-state index in [1.165, 1.54) is 23.2 Å². The normalized spacial score (nSPS) is 23.8. The van der Waals surface area contributed by atoms with Crippen LogP contribution < -0.4 is 10.6 Å². The molecule has 1 fully saturated rings. The highest BCUT2D eigenvalue weighted by Gasteiger charge is 2.36. The lowest BCUT2D eigenvalue weighted by Gasteiger charge is -2.48. The summed E-state index contributed by atoms with van der Waals surface area (Å²) in [5.41, 5.74) is 10.3. The fourth-order valence-corrected chi connectivity index (χ4v) is 2.67. The van der Waals surface area contributed by atoms with E-state index in [0.29, 0.717) is 0 Å². The van der Waals surface area contributed by atoms with Crippen LogP contribution in [-0.2, 0) is 0 Å². The lowest BCUT2D eigenvalue weighted by Crippen LogP contribution is -2.59. The topological polar surface area (TPSA) is 29.3 Å². The van der Waals surface area contributed by atoms with Gasteiger partial charge in [-0.25, -0.2) is 0 Å². The molecular weight excluding hydrogens is 208 g/mol. The van der Waals surface area contributed by atoms with E-state index in [0.717, 1.165) is 13.0 Å². The molecule has 1 aromatic rings. The van der Waals surface area contributed by atoms with Crippen molar-refractivity contribution in [3.63, 3.8) is 0 Å². The second-order valence-electron chi connectivity index (χ2n) is 5.82. The number of hydrogen-bond acceptors (Lipinski definition) is 2. The molecule has 1 heterocycles. The summed E-state index contributed by atoms with van der Waals surface area (Å²) in [6.45, 7) is 9.96. The summed E-state index contributed by atoms with van der Waals surface area (Å²) in [6.07, 6.45) is 2.33. The van der Waals surface area contributed by atoms with Crippen molar-refractivity contribution < 1.29 is 0 Å². The third-order valence-electron chi connectivity index (χ3n) is 4.30.